The van der Waals surface area contributed by atoms with Crippen LogP contribution in [0.2, 0.25) is 0 Å². The predicted molar refractivity (Wildman–Crippen MR) is 91.0 cm³/mol. The van der Waals surface area contributed by atoms with E-state index in [4.69, 9.17) is 4.74 Å². The molecule has 0 saturated carbocycles. The van der Waals surface area contributed by atoms with Crippen molar-refractivity contribution in [3.8, 4) is 5.75 Å². The van der Waals surface area contributed by atoms with Gasteiger partial charge in [0.2, 0.25) is 0 Å². The fourth-order valence-corrected chi connectivity index (χ4v) is 2.39. The van der Waals surface area contributed by atoms with Gasteiger partial charge >= 0.3 is 5.97 Å². The highest BCUT2D eigenvalue weighted by molar-refractivity contribution is 5.89. The van der Waals surface area contributed by atoms with Gasteiger partial charge in [0.1, 0.15) is 5.75 Å². The molecule has 5 heteroatoms. The summed E-state index contributed by atoms with van der Waals surface area (Å²) >= 11 is 0. The Hall–Kier alpha value is -2.82. The second kappa shape index (κ2) is 8.15. The van der Waals surface area contributed by atoms with Crippen molar-refractivity contribution in [1.82, 2.24) is 5.32 Å². The largest absolute Gasteiger partial charge is 0.484 e. The minimum Gasteiger partial charge on any atom is -0.484 e. The molecule has 0 radical (unpaired) electrons. The van der Waals surface area contributed by atoms with E-state index in [9.17, 15) is 9.59 Å². The smallest absolute Gasteiger partial charge is 0.337 e. The number of hydrogen-bond acceptors (Lipinski definition) is 4. The quantitative estimate of drug-likeness (QED) is 0.828. The Bertz CT molecular complexity index is 710. The first-order valence-corrected chi connectivity index (χ1v) is 7.67. The average molecular weight is 327 g/mol. The number of benzene rings is 2. The van der Waals surface area contributed by atoms with Crippen molar-refractivity contribution < 1.29 is 19.1 Å². The molecule has 1 amide bonds. The maximum absolute atomic E-state index is 12.0. The Morgan fingerprint density at radius 1 is 1.08 bits per heavy atom. The van der Waals surface area contributed by atoms with Crippen molar-refractivity contribution in [2.75, 3.05) is 13.7 Å². The van der Waals surface area contributed by atoms with Crippen molar-refractivity contribution in [2.45, 2.75) is 19.9 Å². The van der Waals surface area contributed by atoms with E-state index >= 15 is 0 Å². The van der Waals surface area contributed by atoms with Crippen LogP contribution in [-0.4, -0.2) is 25.6 Å². The second-order valence-corrected chi connectivity index (χ2v) is 5.45. The number of amides is 1. The standard InChI is InChI=1S/C19H21NO4/c1-13-6-4-5-7-17(13)14(2)20-18(21)12-24-16-10-8-15(9-11-16)19(22)23-3/h4-11,14H,12H2,1-3H3,(H,20,21). The Morgan fingerprint density at radius 3 is 2.38 bits per heavy atom. The molecule has 2 aromatic carbocycles. The van der Waals surface area contributed by atoms with Crippen molar-refractivity contribution in [3.05, 3.63) is 65.2 Å². The third-order valence-electron chi connectivity index (χ3n) is 3.68. The van der Waals surface area contributed by atoms with Crippen LogP contribution in [0.4, 0.5) is 0 Å². The lowest BCUT2D eigenvalue weighted by Gasteiger charge is -2.16. The van der Waals surface area contributed by atoms with Crippen LogP contribution < -0.4 is 10.1 Å². The molecule has 1 unspecified atom stereocenters. The first kappa shape index (κ1) is 17.5. The van der Waals surface area contributed by atoms with Gasteiger partial charge in [-0.2, -0.15) is 0 Å². The van der Waals surface area contributed by atoms with Gasteiger partial charge in [-0.05, 0) is 49.2 Å². The van der Waals surface area contributed by atoms with Crippen LogP contribution in [0.5, 0.6) is 5.75 Å². The van der Waals surface area contributed by atoms with Crippen LogP contribution >= 0.6 is 0 Å². The summed E-state index contributed by atoms with van der Waals surface area (Å²) in [7, 11) is 1.33. The molecule has 0 aromatic heterocycles. The fourth-order valence-electron chi connectivity index (χ4n) is 2.39. The molecule has 0 heterocycles. The van der Waals surface area contributed by atoms with Gasteiger partial charge < -0.3 is 14.8 Å². The molecule has 1 N–H and O–H groups in total. The van der Waals surface area contributed by atoms with E-state index in [-0.39, 0.29) is 18.6 Å². The lowest BCUT2D eigenvalue weighted by molar-refractivity contribution is -0.123. The van der Waals surface area contributed by atoms with Gasteiger partial charge in [0.25, 0.3) is 5.91 Å². The zero-order valence-corrected chi connectivity index (χ0v) is 14.0. The summed E-state index contributed by atoms with van der Waals surface area (Å²) in [5, 5.41) is 2.91. The molecule has 1 atom stereocenters. The van der Waals surface area contributed by atoms with Gasteiger partial charge in [0.05, 0.1) is 18.7 Å². The minimum absolute atomic E-state index is 0.0895. The summed E-state index contributed by atoms with van der Waals surface area (Å²) in [6, 6.07) is 14.3. The van der Waals surface area contributed by atoms with Gasteiger partial charge in [0.15, 0.2) is 6.61 Å². The number of aryl methyl sites for hydroxylation is 1. The average Bonchev–Trinajstić information content (AvgIpc) is 2.60. The van der Waals surface area contributed by atoms with Crippen LogP contribution in [0.3, 0.4) is 0 Å². The zero-order chi connectivity index (χ0) is 17.5. The monoisotopic (exact) mass is 327 g/mol. The van der Waals surface area contributed by atoms with E-state index in [2.05, 4.69) is 10.1 Å². The van der Waals surface area contributed by atoms with E-state index in [1.165, 1.54) is 7.11 Å². The van der Waals surface area contributed by atoms with Gasteiger partial charge in [0, 0.05) is 0 Å². The predicted octanol–water partition coefficient (Wildman–Crippen LogP) is 3.04. The molecular formula is C19H21NO4. The van der Waals surface area contributed by atoms with Crippen LogP contribution in [0.25, 0.3) is 0 Å². The van der Waals surface area contributed by atoms with Crippen molar-refractivity contribution in [1.29, 1.82) is 0 Å². The molecule has 0 saturated heterocycles. The molecule has 24 heavy (non-hydrogen) atoms. The molecule has 0 aliphatic heterocycles. The van der Waals surface area contributed by atoms with Gasteiger partial charge in [-0.3, -0.25) is 4.79 Å². The number of carbonyl (C=O) groups is 2. The summed E-state index contributed by atoms with van der Waals surface area (Å²) < 4.78 is 10.1. The van der Waals surface area contributed by atoms with Crippen LogP contribution in [-0.2, 0) is 9.53 Å². The summed E-state index contributed by atoms with van der Waals surface area (Å²) in [4.78, 5) is 23.4. The fraction of sp³-hybridized carbons (Fsp3) is 0.263. The third kappa shape index (κ3) is 4.59. The molecule has 126 valence electrons. The molecule has 0 fully saturated rings. The molecule has 0 aliphatic carbocycles. The molecule has 2 rings (SSSR count). The van der Waals surface area contributed by atoms with Crippen molar-refractivity contribution in [2.24, 2.45) is 0 Å². The highest BCUT2D eigenvalue weighted by atomic mass is 16.5. The number of rotatable bonds is 6. The van der Waals surface area contributed by atoms with E-state index < -0.39 is 5.97 Å². The highest BCUT2D eigenvalue weighted by Gasteiger charge is 2.12. The van der Waals surface area contributed by atoms with Crippen LogP contribution in [0.15, 0.2) is 48.5 Å². The number of ether oxygens (including phenoxy) is 2. The Balaban J connectivity index is 1.87. The molecule has 0 bridgehead atoms. The lowest BCUT2D eigenvalue weighted by atomic mass is 10.0. The number of carbonyl (C=O) groups excluding carboxylic acids is 2. The highest BCUT2D eigenvalue weighted by Crippen LogP contribution is 2.17. The zero-order valence-electron chi connectivity index (χ0n) is 14.0. The summed E-state index contributed by atoms with van der Waals surface area (Å²) in [5.41, 5.74) is 2.64. The van der Waals surface area contributed by atoms with Gasteiger partial charge in [-0.15, -0.1) is 0 Å². The SMILES string of the molecule is COC(=O)c1ccc(OCC(=O)NC(C)c2ccccc2C)cc1. The molecule has 5 nitrogen and oxygen atoms in total. The second-order valence-electron chi connectivity index (χ2n) is 5.45. The topological polar surface area (TPSA) is 64.6 Å². The number of esters is 1. The third-order valence-corrected chi connectivity index (χ3v) is 3.68. The number of methoxy groups -OCH3 is 1. The van der Waals surface area contributed by atoms with E-state index in [0.29, 0.717) is 11.3 Å². The lowest BCUT2D eigenvalue weighted by Crippen LogP contribution is -2.31. The molecule has 0 aliphatic rings. The van der Waals surface area contributed by atoms with E-state index in [0.717, 1.165) is 11.1 Å². The van der Waals surface area contributed by atoms with Crippen LogP contribution in [0, 0.1) is 6.92 Å². The van der Waals surface area contributed by atoms with E-state index in [1.54, 1.807) is 24.3 Å². The summed E-state index contributed by atoms with van der Waals surface area (Å²) in [5.74, 6) is -0.101. The summed E-state index contributed by atoms with van der Waals surface area (Å²) in [6.45, 7) is 3.86. The molecule has 0 spiro atoms. The summed E-state index contributed by atoms with van der Waals surface area (Å²) in [6.07, 6.45) is 0. The normalized spacial score (nSPS) is 11.5. The van der Waals surface area contributed by atoms with Gasteiger partial charge in [-0.1, -0.05) is 24.3 Å². The first-order chi connectivity index (χ1) is 11.5. The number of nitrogens with one attached hydrogen (secondary N) is 1. The van der Waals surface area contributed by atoms with Crippen LogP contribution in [0.1, 0.15) is 34.5 Å². The Morgan fingerprint density at radius 2 is 1.75 bits per heavy atom. The first-order valence-electron chi connectivity index (χ1n) is 7.67. The van der Waals surface area contributed by atoms with Crippen molar-refractivity contribution in [3.63, 3.8) is 0 Å². The maximum Gasteiger partial charge on any atom is 0.337 e. The molecule has 2 aromatic rings. The van der Waals surface area contributed by atoms with Crippen molar-refractivity contribution >= 4 is 11.9 Å². The van der Waals surface area contributed by atoms with Gasteiger partial charge in [-0.25, -0.2) is 4.79 Å². The van der Waals surface area contributed by atoms with E-state index in [1.807, 2.05) is 38.1 Å². The minimum atomic E-state index is -0.411. The number of hydrogen-bond donors (Lipinski definition) is 1. The molecular weight excluding hydrogens is 306 g/mol. The Labute approximate surface area is 141 Å². The Kier molecular flexibility index (Phi) is 5.95. The maximum atomic E-state index is 12.0.